The molecule has 0 aliphatic rings. The topological polar surface area (TPSA) is 49.3 Å². The molecule has 17 heavy (non-hydrogen) atoms. The summed E-state index contributed by atoms with van der Waals surface area (Å²) in [6.07, 6.45) is 0. The molecule has 1 amide bonds. The Balaban J connectivity index is 3.08. The van der Waals surface area contributed by atoms with Crippen LogP contribution >= 0.6 is 0 Å². The Bertz CT molecular complexity index is 399. The van der Waals surface area contributed by atoms with Crippen molar-refractivity contribution in [3.8, 4) is 0 Å². The van der Waals surface area contributed by atoms with Gasteiger partial charge in [0, 0.05) is 6.92 Å². The van der Waals surface area contributed by atoms with Crippen LogP contribution in [0.25, 0.3) is 0 Å². The number of benzene rings is 1. The van der Waals surface area contributed by atoms with Crippen LogP contribution < -0.4 is 5.32 Å². The van der Waals surface area contributed by atoms with E-state index in [0.29, 0.717) is 5.92 Å². The van der Waals surface area contributed by atoms with Gasteiger partial charge in [-0.3, -0.25) is 4.79 Å². The average molecular weight is 235 g/mol. The van der Waals surface area contributed by atoms with E-state index in [1.807, 2.05) is 13.0 Å². The van der Waals surface area contributed by atoms with E-state index in [2.05, 4.69) is 31.3 Å². The van der Waals surface area contributed by atoms with Gasteiger partial charge in [0.25, 0.3) is 0 Å². The van der Waals surface area contributed by atoms with E-state index < -0.39 is 0 Å². The third-order valence-corrected chi connectivity index (χ3v) is 2.91. The summed E-state index contributed by atoms with van der Waals surface area (Å²) in [5.41, 5.74) is 3.30. The molecule has 1 atom stereocenters. The summed E-state index contributed by atoms with van der Waals surface area (Å²) >= 11 is 0. The first-order valence-electron chi connectivity index (χ1n) is 5.94. The van der Waals surface area contributed by atoms with E-state index in [9.17, 15) is 9.90 Å². The quantitative estimate of drug-likeness (QED) is 0.841. The second-order valence-electron chi connectivity index (χ2n) is 4.71. The van der Waals surface area contributed by atoms with Crippen molar-refractivity contribution >= 4 is 5.91 Å². The van der Waals surface area contributed by atoms with Gasteiger partial charge < -0.3 is 10.4 Å². The summed E-state index contributed by atoms with van der Waals surface area (Å²) in [5, 5.41) is 12.1. The van der Waals surface area contributed by atoms with E-state index in [1.54, 1.807) is 0 Å². The lowest BCUT2D eigenvalue weighted by Gasteiger charge is -2.19. The zero-order chi connectivity index (χ0) is 13.0. The van der Waals surface area contributed by atoms with Gasteiger partial charge in [-0.2, -0.15) is 0 Å². The number of amides is 1. The molecule has 0 heterocycles. The minimum atomic E-state index is -0.314. The monoisotopic (exact) mass is 235 g/mol. The second-order valence-corrected chi connectivity index (χ2v) is 4.71. The SMILES string of the molecule is CC(=O)NC(CO)c1cc(C(C)C)ccc1C. The van der Waals surface area contributed by atoms with Crippen LogP contribution in [0, 0.1) is 6.92 Å². The molecule has 0 fully saturated rings. The highest BCUT2D eigenvalue weighted by molar-refractivity contribution is 5.73. The molecule has 0 radical (unpaired) electrons. The van der Waals surface area contributed by atoms with Crippen LogP contribution in [-0.2, 0) is 4.79 Å². The Labute approximate surface area is 103 Å². The number of nitrogens with one attached hydrogen (secondary N) is 1. The lowest BCUT2D eigenvalue weighted by molar-refractivity contribution is -0.120. The largest absolute Gasteiger partial charge is 0.394 e. The highest BCUT2D eigenvalue weighted by atomic mass is 16.3. The van der Waals surface area contributed by atoms with Gasteiger partial charge in [-0.1, -0.05) is 32.0 Å². The molecule has 0 saturated carbocycles. The molecule has 2 N–H and O–H groups in total. The average Bonchev–Trinajstić information content (AvgIpc) is 2.26. The normalized spacial score (nSPS) is 12.6. The third-order valence-electron chi connectivity index (χ3n) is 2.91. The Morgan fingerprint density at radius 1 is 1.41 bits per heavy atom. The summed E-state index contributed by atoms with van der Waals surface area (Å²) in [5.74, 6) is 0.310. The molecule has 1 aromatic rings. The van der Waals surface area contributed by atoms with Crippen molar-refractivity contribution < 1.29 is 9.90 Å². The summed E-state index contributed by atoms with van der Waals surface area (Å²) in [6, 6.07) is 5.88. The zero-order valence-corrected chi connectivity index (χ0v) is 10.9. The molecule has 0 aliphatic heterocycles. The minimum absolute atomic E-state index is 0.0814. The number of carbonyl (C=O) groups excluding carboxylic acids is 1. The molecule has 1 aromatic carbocycles. The van der Waals surface area contributed by atoms with Crippen LogP contribution in [0.5, 0.6) is 0 Å². The third kappa shape index (κ3) is 3.56. The van der Waals surface area contributed by atoms with Crippen molar-refractivity contribution in [2.45, 2.75) is 39.7 Å². The van der Waals surface area contributed by atoms with Crippen LogP contribution in [0.15, 0.2) is 18.2 Å². The van der Waals surface area contributed by atoms with Gasteiger partial charge in [0.05, 0.1) is 12.6 Å². The molecule has 0 spiro atoms. The van der Waals surface area contributed by atoms with Gasteiger partial charge in [-0.25, -0.2) is 0 Å². The Kier molecular flexibility index (Phi) is 4.70. The number of hydrogen-bond donors (Lipinski definition) is 2. The maximum Gasteiger partial charge on any atom is 0.217 e. The van der Waals surface area contributed by atoms with Crippen molar-refractivity contribution in [1.29, 1.82) is 0 Å². The number of rotatable bonds is 4. The van der Waals surface area contributed by atoms with E-state index in [4.69, 9.17) is 0 Å². The minimum Gasteiger partial charge on any atom is -0.394 e. The summed E-state index contributed by atoms with van der Waals surface area (Å²) in [7, 11) is 0. The zero-order valence-electron chi connectivity index (χ0n) is 10.9. The summed E-state index contributed by atoms with van der Waals surface area (Å²) < 4.78 is 0. The van der Waals surface area contributed by atoms with Crippen LogP contribution in [0.3, 0.4) is 0 Å². The van der Waals surface area contributed by atoms with Gasteiger partial charge in [0.15, 0.2) is 0 Å². The molecule has 1 rings (SSSR count). The number of hydrogen-bond acceptors (Lipinski definition) is 2. The highest BCUT2D eigenvalue weighted by Crippen LogP contribution is 2.23. The smallest absolute Gasteiger partial charge is 0.217 e. The predicted molar refractivity (Wildman–Crippen MR) is 68.9 cm³/mol. The van der Waals surface area contributed by atoms with E-state index in [-0.39, 0.29) is 18.6 Å². The highest BCUT2D eigenvalue weighted by Gasteiger charge is 2.15. The molecule has 94 valence electrons. The second kappa shape index (κ2) is 5.82. The molecule has 0 aromatic heterocycles. The molecule has 3 nitrogen and oxygen atoms in total. The lowest BCUT2D eigenvalue weighted by Crippen LogP contribution is -2.29. The van der Waals surface area contributed by atoms with Gasteiger partial charge in [-0.15, -0.1) is 0 Å². The standard InChI is InChI=1S/C14H21NO2/c1-9(2)12-6-5-10(3)13(7-12)14(8-16)15-11(4)17/h5-7,9,14,16H,8H2,1-4H3,(H,15,17). The fraction of sp³-hybridized carbons (Fsp3) is 0.500. The van der Waals surface area contributed by atoms with Crippen molar-refractivity contribution in [2.24, 2.45) is 0 Å². The van der Waals surface area contributed by atoms with Crippen LogP contribution in [0.4, 0.5) is 0 Å². The van der Waals surface area contributed by atoms with Gasteiger partial charge in [0.2, 0.25) is 5.91 Å². The maximum atomic E-state index is 11.1. The Morgan fingerprint density at radius 3 is 2.53 bits per heavy atom. The Morgan fingerprint density at radius 2 is 2.06 bits per heavy atom. The van der Waals surface area contributed by atoms with E-state index in [1.165, 1.54) is 12.5 Å². The van der Waals surface area contributed by atoms with Crippen molar-refractivity contribution in [2.75, 3.05) is 6.61 Å². The molecule has 0 aliphatic carbocycles. The van der Waals surface area contributed by atoms with Crippen LogP contribution in [-0.4, -0.2) is 17.6 Å². The molecule has 0 saturated heterocycles. The predicted octanol–water partition coefficient (Wildman–Crippen LogP) is 2.29. The first-order valence-corrected chi connectivity index (χ1v) is 5.94. The molecule has 3 heteroatoms. The summed E-state index contributed by atoms with van der Waals surface area (Å²) in [6.45, 7) is 7.62. The molecular formula is C14H21NO2. The number of carbonyl (C=O) groups is 1. The molecule has 0 bridgehead atoms. The van der Waals surface area contributed by atoms with Gasteiger partial charge in [0.1, 0.15) is 0 Å². The number of aliphatic hydroxyl groups is 1. The number of aryl methyl sites for hydroxylation is 1. The summed E-state index contributed by atoms with van der Waals surface area (Å²) in [4.78, 5) is 11.1. The van der Waals surface area contributed by atoms with Crippen molar-refractivity contribution in [3.63, 3.8) is 0 Å². The van der Waals surface area contributed by atoms with Gasteiger partial charge >= 0.3 is 0 Å². The molecular weight excluding hydrogens is 214 g/mol. The lowest BCUT2D eigenvalue weighted by atomic mass is 9.94. The van der Waals surface area contributed by atoms with E-state index >= 15 is 0 Å². The van der Waals surface area contributed by atoms with Crippen molar-refractivity contribution in [1.82, 2.24) is 5.32 Å². The fourth-order valence-corrected chi connectivity index (χ4v) is 1.86. The molecule has 1 unspecified atom stereocenters. The van der Waals surface area contributed by atoms with Gasteiger partial charge in [-0.05, 0) is 29.5 Å². The van der Waals surface area contributed by atoms with Crippen molar-refractivity contribution in [3.05, 3.63) is 34.9 Å². The first kappa shape index (κ1) is 13.7. The first-order chi connectivity index (χ1) is 7.95. The van der Waals surface area contributed by atoms with E-state index in [0.717, 1.165) is 11.1 Å². The fourth-order valence-electron chi connectivity index (χ4n) is 1.86. The maximum absolute atomic E-state index is 11.1. The van der Waals surface area contributed by atoms with Crippen LogP contribution in [0.2, 0.25) is 0 Å². The van der Waals surface area contributed by atoms with Crippen LogP contribution in [0.1, 0.15) is 49.4 Å². The number of aliphatic hydroxyl groups excluding tert-OH is 1. The Hall–Kier alpha value is -1.35.